The van der Waals surface area contributed by atoms with E-state index in [9.17, 15) is 13.6 Å². The number of anilines is 2. The molecule has 8 nitrogen and oxygen atoms in total. The van der Waals surface area contributed by atoms with Gasteiger partial charge in [0.1, 0.15) is 40.0 Å². The lowest BCUT2D eigenvalue weighted by Crippen LogP contribution is -2.28. The van der Waals surface area contributed by atoms with Crippen molar-refractivity contribution < 1.29 is 13.6 Å². The van der Waals surface area contributed by atoms with E-state index in [0.29, 0.717) is 10.9 Å². The molecule has 2 heterocycles. The summed E-state index contributed by atoms with van der Waals surface area (Å²) in [4.78, 5) is 20.9. The zero-order chi connectivity index (χ0) is 22.4. The number of carbonyl (C=O) groups excluding carboxylic acids is 1. The molecule has 0 unspecified atom stereocenters. The van der Waals surface area contributed by atoms with Crippen LogP contribution in [0, 0.1) is 11.6 Å². The smallest absolute Gasteiger partial charge is 0.259 e. The van der Waals surface area contributed by atoms with Crippen molar-refractivity contribution in [3.05, 3.63) is 65.2 Å². The van der Waals surface area contributed by atoms with Gasteiger partial charge in [-0.1, -0.05) is 30.3 Å². The molecule has 1 amide bonds. The van der Waals surface area contributed by atoms with Gasteiger partial charge in [-0.3, -0.25) is 9.48 Å². The quantitative estimate of drug-likeness (QED) is 0.443. The molecule has 1 aliphatic carbocycles. The number of fused-ring (bicyclic) bond motifs is 1. The van der Waals surface area contributed by atoms with Crippen molar-refractivity contribution in [1.29, 1.82) is 0 Å². The second-order valence-electron chi connectivity index (χ2n) is 7.67. The number of halogens is 2. The van der Waals surface area contributed by atoms with Crippen LogP contribution in [-0.4, -0.2) is 31.7 Å². The van der Waals surface area contributed by atoms with Crippen molar-refractivity contribution in [3.8, 4) is 11.5 Å². The third-order valence-electron chi connectivity index (χ3n) is 5.32. The molecule has 10 heteroatoms. The Labute approximate surface area is 181 Å². The predicted molar refractivity (Wildman–Crippen MR) is 116 cm³/mol. The van der Waals surface area contributed by atoms with Crippen LogP contribution in [0.3, 0.4) is 0 Å². The Balaban J connectivity index is 1.61. The van der Waals surface area contributed by atoms with Gasteiger partial charge in [-0.15, -0.1) is 0 Å². The molecule has 0 aliphatic heterocycles. The first-order valence-electron chi connectivity index (χ1n) is 10.0. The summed E-state index contributed by atoms with van der Waals surface area (Å²) >= 11 is 0. The number of nitrogens with two attached hydrogens (primary N) is 2. The highest BCUT2D eigenvalue weighted by molar-refractivity contribution is 6.03. The lowest BCUT2D eigenvalue weighted by molar-refractivity contribution is 0.0952. The highest BCUT2D eigenvalue weighted by atomic mass is 19.1. The minimum absolute atomic E-state index is 0.00178. The summed E-state index contributed by atoms with van der Waals surface area (Å²) in [5, 5.41) is 7.66. The molecule has 162 valence electrons. The first-order valence-corrected chi connectivity index (χ1v) is 10.0. The normalized spacial score (nSPS) is 13.4. The minimum atomic E-state index is -0.529. The maximum atomic E-state index is 14.7. The molecule has 5 N–H and O–H groups in total. The fourth-order valence-electron chi connectivity index (χ4n) is 3.58. The zero-order valence-corrected chi connectivity index (χ0v) is 16.8. The molecule has 1 fully saturated rings. The van der Waals surface area contributed by atoms with E-state index < -0.39 is 17.5 Å². The van der Waals surface area contributed by atoms with Crippen LogP contribution in [0.1, 0.15) is 28.8 Å². The molecule has 1 aliphatic rings. The molecule has 5 rings (SSSR count). The van der Waals surface area contributed by atoms with Crippen LogP contribution < -0.4 is 16.8 Å². The largest absolute Gasteiger partial charge is 0.383 e. The van der Waals surface area contributed by atoms with Crippen LogP contribution in [0.15, 0.2) is 42.5 Å². The maximum absolute atomic E-state index is 14.7. The number of hydrogen-bond acceptors (Lipinski definition) is 6. The molecule has 4 aromatic rings. The lowest BCUT2D eigenvalue weighted by Gasteiger charge is -2.09. The van der Waals surface area contributed by atoms with E-state index in [1.807, 2.05) is 0 Å². The predicted octanol–water partition coefficient (Wildman–Crippen LogP) is 2.88. The third kappa shape index (κ3) is 3.49. The Bertz CT molecular complexity index is 1340. The molecule has 0 radical (unpaired) electrons. The average Bonchev–Trinajstić information content (AvgIpc) is 3.48. The van der Waals surface area contributed by atoms with Crippen molar-refractivity contribution in [2.75, 3.05) is 11.5 Å². The van der Waals surface area contributed by atoms with Gasteiger partial charge in [0.2, 0.25) is 0 Å². The summed E-state index contributed by atoms with van der Waals surface area (Å²) in [6.45, 7) is -0.00303. The molecule has 0 saturated heterocycles. The van der Waals surface area contributed by atoms with Gasteiger partial charge < -0.3 is 16.8 Å². The van der Waals surface area contributed by atoms with E-state index in [1.54, 1.807) is 24.3 Å². The van der Waals surface area contributed by atoms with Crippen LogP contribution in [0.4, 0.5) is 20.4 Å². The van der Waals surface area contributed by atoms with E-state index in [4.69, 9.17) is 11.5 Å². The SMILES string of the molecule is Nc1nc(-c2nn(Cc3ccccc3F)c3c(F)cccc23)nc(N)c1C(=O)NC1CC1. The van der Waals surface area contributed by atoms with Crippen LogP contribution in [0.2, 0.25) is 0 Å². The number of amides is 1. The third-order valence-corrected chi connectivity index (χ3v) is 5.32. The number of rotatable bonds is 5. The number of para-hydroxylation sites is 1. The fourth-order valence-corrected chi connectivity index (χ4v) is 3.58. The molecule has 0 spiro atoms. The topological polar surface area (TPSA) is 125 Å². The summed E-state index contributed by atoms with van der Waals surface area (Å²) in [6.07, 6.45) is 1.81. The number of nitrogen functional groups attached to an aromatic ring is 2. The van der Waals surface area contributed by atoms with E-state index in [2.05, 4.69) is 20.4 Å². The number of aromatic nitrogens is 4. The lowest BCUT2D eigenvalue weighted by atomic mass is 10.1. The first kappa shape index (κ1) is 19.9. The van der Waals surface area contributed by atoms with Crippen LogP contribution >= 0.6 is 0 Å². The number of carbonyl (C=O) groups is 1. The molecule has 1 saturated carbocycles. The number of benzene rings is 2. The monoisotopic (exact) mass is 435 g/mol. The van der Waals surface area contributed by atoms with Gasteiger partial charge in [0, 0.05) is 17.0 Å². The van der Waals surface area contributed by atoms with Crippen molar-refractivity contribution in [3.63, 3.8) is 0 Å². The Morgan fingerprint density at radius 3 is 2.41 bits per heavy atom. The summed E-state index contributed by atoms with van der Waals surface area (Å²) in [5.74, 6) is -1.54. The van der Waals surface area contributed by atoms with E-state index in [0.717, 1.165) is 12.8 Å². The van der Waals surface area contributed by atoms with Crippen LogP contribution in [0.5, 0.6) is 0 Å². The molecule has 0 bridgehead atoms. The summed E-state index contributed by atoms with van der Waals surface area (Å²) in [7, 11) is 0. The summed E-state index contributed by atoms with van der Waals surface area (Å²) in [6, 6.07) is 10.8. The van der Waals surface area contributed by atoms with Gasteiger partial charge >= 0.3 is 0 Å². The van der Waals surface area contributed by atoms with Gasteiger partial charge in [-0.2, -0.15) is 5.10 Å². The minimum Gasteiger partial charge on any atom is -0.383 e. The van der Waals surface area contributed by atoms with E-state index in [1.165, 1.54) is 22.9 Å². The Kier molecular flexibility index (Phi) is 4.69. The summed E-state index contributed by atoms with van der Waals surface area (Å²) < 4.78 is 30.3. The van der Waals surface area contributed by atoms with Gasteiger partial charge in [0.25, 0.3) is 5.91 Å². The second kappa shape index (κ2) is 7.56. The molecule has 0 atom stereocenters. The first-order chi connectivity index (χ1) is 15.4. The average molecular weight is 435 g/mol. The van der Waals surface area contributed by atoms with Crippen molar-refractivity contribution >= 4 is 28.4 Å². The van der Waals surface area contributed by atoms with E-state index >= 15 is 0 Å². The Morgan fingerprint density at radius 2 is 1.72 bits per heavy atom. The van der Waals surface area contributed by atoms with Crippen molar-refractivity contribution in [2.45, 2.75) is 25.4 Å². The molecule has 2 aromatic carbocycles. The Hall–Kier alpha value is -4.08. The van der Waals surface area contributed by atoms with Gasteiger partial charge in [-0.25, -0.2) is 18.7 Å². The zero-order valence-electron chi connectivity index (χ0n) is 16.8. The van der Waals surface area contributed by atoms with Crippen LogP contribution in [0.25, 0.3) is 22.4 Å². The second-order valence-corrected chi connectivity index (χ2v) is 7.67. The van der Waals surface area contributed by atoms with Gasteiger partial charge in [0.15, 0.2) is 5.82 Å². The maximum Gasteiger partial charge on any atom is 0.259 e. The molecular weight excluding hydrogens is 416 g/mol. The van der Waals surface area contributed by atoms with Gasteiger partial charge in [0.05, 0.1) is 6.54 Å². The molecule has 2 aromatic heterocycles. The summed E-state index contributed by atoms with van der Waals surface area (Å²) in [5.41, 5.74) is 12.8. The molecule has 32 heavy (non-hydrogen) atoms. The fraction of sp³-hybridized carbons (Fsp3) is 0.182. The Morgan fingerprint density at radius 1 is 1.03 bits per heavy atom. The van der Waals surface area contributed by atoms with Crippen molar-refractivity contribution in [1.82, 2.24) is 25.1 Å². The highest BCUT2D eigenvalue weighted by Crippen LogP contribution is 2.31. The number of nitrogens with one attached hydrogen (secondary N) is 1. The standard InChI is InChI=1S/C22H19F2N7O/c23-14-6-2-1-4-11(14)10-31-18-13(5-3-7-15(18)24)17(30-31)21-28-19(25)16(20(26)29-21)22(32)27-12-8-9-12/h1-7,12H,8-10H2,(H,27,32)(H4,25,26,28,29). The number of nitrogens with zero attached hydrogens (tertiary/aromatic N) is 4. The van der Waals surface area contributed by atoms with Crippen molar-refractivity contribution in [2.24, 2.45) is 0 Å². The van der Waals surface area contributed by atoms with Crippen LogP contribution in [-0.2, 0) is 6.54 Å². The van der Waals surface area contributed by atoms with E-state index in [-0.39, 0.29) is 46.8 Å². The molecular formula is C22H19F2N7O. The number of hydrogen-bond donors (Lipinski definition) is 3. The highest BCUT2D eigenvalue weighted by Gasteiger charge is 2.28. The van der Waals surface area contributed by atoms with Gasteiger partial charge in [-0.05, 0) is 25.0 Å².